The van der Waals surface area contributed by atoms with Crippen LogP contribution in [0.25, 0.3) is 0 Å². The summed E-state index contributed by atoms with van der Waals surface area (Å²) in [5.41, 5.74) is 3.05. The van der Waals surface area contributed by atoms with Gasteiger partial charge in [-0.25, -0.2) is 9.48 Å². The van der Waals surface area contributed by atoms with E-state index in [9.17, 15) is 38.7 Å². The van der Waals surface area contributed by atoms with E-state index in [1.54, 1.807) is 61.2 Å². The van der Waals surface area contributed by atoms with Crippen LogP contribution in [0.2, 0.25) is 0 Å². The van der Waals surface area contributed by atoms with E-state index in [2.05, 4.69) is 38.8 Å². The number of aliphatic hydroxyl groups excluding tert-OH is 1. The first-order valence-electron chi connectivity index (χ1n) is 26.8. The Morgan fingerprint density at radius 1 is 0.873 bits per heavy atom. The third-order valence-electron chi connectivity index (χ3n) is 14.5. The second kappa shape index (κ2) is 33.0. The molecule has 1 aliphatic heterocycles. The largest absolute Gasteiger partial charge is 0.445 e. The van der Waals surface area contributed by atoms with E-state index in [4.69, 9.17) is 14.2 Å². The van der Waals surface area contributed by atoms with E-state index >= 15 is 0 Å². The number of likely N-dealkylation sites (N-methyl/N-ethyl adjacent to an activating group) is 2. The molecule has 0 spiro atoms. The molecule has 0 aliphatic carbocycles. The topological polar surface area (TPSA) is 232 Å². The van der Waals surface area contributed by atoms with Crippen molar-refractivity contribution < 1.29 is 52.9 Å². The second-order valence-electron chi connectivity index (χ2n) is 21.1. The number of aliphatic hydroxyl groups is 1. The summed E-state index contributed by atoms with van der Waals surface area (Å²) in [7, 11) is 10.9. The van der Waals surface area contributed by atoms with Crippen LogP contribution in [-0.4, -0.2) is 153 Å². The van der Waals surface area contributed by atoms with Crippen LogP contribution in [0.5, 0.6) is 0 Å². The maximum Gasteiger partial charge on any atom is 0.410 e. The number of nitrogens with one attached hydrogen (secondary N) is 2. The number of carbonyl (C=O) groups excluding carboxylic acids is 7. The lowest BCUT2D eigenvalue weighted by Crippen LogP contribution is -2.60. The van der Waals surface area contributed by atoms with Gasteiger partial charge in [0.1, 0.15) is 25.2 Å². The van der Waals surface area contributed by atoms with E-state index in [1.165, 1.54) is 30.8 Å². The van der Waals surface area contributed by atoms with Crippen molar-refractivity contribution in [2.24, 2.45) is 23.7 Å². The van der Waals surface area contributed by atoms with Crippen molar-refractivity contribution in [3.8, 4) is 0 Å². The number of likely N-dealkylation sites (tertiary alicyclic amines) is 1. The van der Waals surface area contributed by atoms with Crippen LogP contribution in [0.15, 0.2) is 60.8 Å². The minimum atomic E-state index is -1.04. The number of benzene rings is 2. The number of methoxy groups -OCH3 is 2. The molecule has 79 heavy (non-hydrogen) atoms. The summed E-state index contributed by atoms with van der Waals surface area (Å²) in [5, 5.41) is 24.7. The molecule has 0 bridgehead atoms. The van der Waals surface area contributed by atoms with Gasteiger partial charge in [-0.15, -0.1) is 23.0 Å². The standard InChI is InChI=1S/C54H86N8O11P6/c1-14-34(6)48(42(71-12)28-43(63)62-26-18-21-41(62)50(72-13)36(8)51(67)55-37(9)49(66)40-19-16-15-17-20-40)59(10)53(69)46(32(2)3)56-52(68)47(33(4)5)60(11)54(70)73-31-39-24-22-38(23-25-39)27-45(65)78(79(74)75)77-76-44(64)30-61-29-35(7)57-58-61/h15-17,19-20,22-25,29,32-34,36-37,41-42,46-50,66,76-77H,14,18,21,26-28,30-31,74-75H2,1-13H3,(H,55,67)(H,56,68)/t34-,36+,37+,41-,42+,46-,47-,48-,49+,50+,78+/m0/s1. The Bertz CT molecular complexity index is 2480. The maximum atomic E-state index is 14.7. The molecule has 4 unspecified atom stereocenters. The number of aryl methyl sites for hydroxylation is 1. The van der Waals surface area contributed by atoms with Crippen LogP contribution >= 0.6 is 48.4 Å². The molecule has 5 amide bonds. The van der Waals surface area contributed by atoms with Crippen LogP contribution < -0.4 is 10.6 Å². The van der Waals surface area contributed by atoms with Crippen molar-refractivity contribution in [1.29, 1.82) is 0 Å². The molecule has 0 radical (unpaired) electrons. The third-order valence-corrected chi connectivity index (χ3v) is 37.0. The van der Waals surface area contributed by atoms with Gasteiger partial charge in [-0.05, 0) is 76.4 Å². The number of aromatic nitrogens is 3. The molecule has 0 saturated carbocycles. The number of nitrogens with zero attached hydrogens (tertiary/aromatic N) is 6. The van der Waals surface area contributed by atoms with Gasteiger partial charge >= 0.3 is 6.09 Å². The van der Waals surface area contributed by atoms with Gasteiger partial charge in [0.05, 0.1) is 54.5 Å². The molecule has 2 aromatic carbocycles. The van der Waals surface area contributed by atoms with Crippen molar-refractivity contribution in [3.63, 3.8) is 0 Å². The molecule has 25 heteroatoms. The van der Waals surface area contributed by atoms with E-state index in [0.717, 1.165) is 11.3 Å². The first-order chi connectivity index (χ1) is 37.3. The molecule has 1 fully saturated rings. The average Bonchev–Trinajstić information content (AvgIpc) is 4.07. The predicted molar refractivity (Wildman–Crippen MR) is 323 cm³/mol. The van der Waals surface area contributed by atoms with Gasteiger partial charge in [0.15, 0.2) is 11.0 Å². The summed E-state index contributed by atoms with van der Waals surface area (Å²) < 4.78 is 19.3. The molecule has 19 nitrogen and oxygen atoms in total. The lowest BCUT2D eigenvalue weighted by Gasteiger charge is -2.41. The molecule has 1 saturated heterocycles. The zero-order chi connectivity index (χ0) is 58.8. The summed E-state index contributed by atoms with van der Waals surface area (Å²) in [6.45, 7) is 16.4. The zero-order valence-corrected chi connectivity index (χ0v) is 54.2. The normalized spacial score (nSPS) is 17.8. The van der Waals surface area contributed by atoms with Gasteiger partial charge in [-0.3, -0.25) is 33.7 Å². The molecule has 2 heterocycles. The average molecular weight is 1210 g/mol. The SMILES string of the molecule is CC[C@H](C)[C@@H]([C@@H](CC(=O)N1CCC[C@H]1[C@H](OC)[C@@H](C)C(=O)N[C@H](C)[C@@H](O)c1ccccc1)OC)N(C)C(=O)[C@@H](NC(=O)[C@H](C(C)C)N(C)C(=O)OCc1ccc(CC(=O)[P@](PPC(=O)Cn2cc(C)nn2)P(P)P)cc1)C(C)C. The van der Waals surface area contributed by atoms with Gasteiger partial charge in [-0.1, -0.05) is 123 Å². The first-order valence-corrected chi connectivity index (χ1v) is 37.3. The molecule has 3 N–H and O–H groups in total. The Hall–Kier alpha value is -3.47. The van der Waals surface area contributed by atoms with Crippen LogP contribution in [0.1, 0.15) is 110 Å². The summed E-state index contributed by atoms with van der Waals surface area (Å²) in [6.07, 6.45) is 0.827. The minimum Gasteiger partial charge on any atom is -0.445 e. The molecular formula is C54H86N8O11P6. The highest BCUT2D eigenvalue weighted by Crippen LogP contribution is 2.90. The van der Waals surface area contributed by atoms with Crippen LogP contribution in [0, 0.1) is 30.6 Å². The number of ether oxygens (including phenoxy) is 3. The summed E-state index contributed by atoms with van der Waals surface area (Å²) in [6, 6.07) is 12.8. The van der Waals surface area contributed by atoms with Crippen molar-refractivity contribution in [2.75, 3.05) is 34.9 Å². The highest BCUT2D eigenvalue weighted by atomic mass is 32.9. The first kappa shape index (κ1) is 68.0. The van der Waals surface area contributed by atoms with Crippen molar-refractivity contribution in [2.45, 2.75) is 156 Å². The summed E-state index contributed by atoms with van der Waals surface area (Å²) >= 11 is 0. The Kier molecular flexibility index (Phi) is 28.4. The highest BCUT2D eigenvalue weighted by Gasteiger charge is 2.44. The lowest BCUT2D eigenvalue weighted by molar-refractivity contribution is -0.148. The maximum absolute atomic E-state index is 14.7. The van der Waals surface area contributed by atoms with Gasteiger partial charge in [0.25, 0.3) is 0 Å². The van der Waals surface area contributed by atoms with Crippen molar-refractivity contribution >= 4 is 89.1 Å². The fourth-order valence-electron chi connectivity index (χ4n) is 9.96. The number of carbonyl (C=O) groups is 7. The Labute approximate surface area is 478 Å². The number of rotatable bonds is 31. The van der Waals surface area contributed by atoms with Gasteiger partial charge in [0.2, 0.25) is 23.6 Å². The summed E-state index contributed by atoms with van der Waals surface area (Å²) in [5.74, 6) is -2.96. The van der Waals surface area contributed by atoms with E-state index in [1.807, 2.05) is 78.8 Å². The van der Waals surface area contributed by atoms with Gasteiger partial charge < -0.3 is 39.8 Å². The van der Waals surface area contributed by atoms with Crippen LogP contribution in [-0.2, 0) is 62.6 Å². The summed E-state index contributed by atoms with van der Waals surface area (Å²) in [4.78, 5) is 101. The molecule has 3 aromatic rings. The van der Waals surface area contributed by atoms with Gasteiger partial charge in [-0.2, -0.15) is 0 Å². The minimum absolute atomic E-state index is 0.0141. The van der Waals surface area contributed by atoms with E-state index in [0.29, 0.717) is 36.9 Å². The van der Waals surface area contributed by atoms with Crippen LogP contribution in [0.4, 0.5) is 4.79 Å². The lowest BCUT2D eigenvalue weighted by atomic mass is 9.89. The number of hydrogen-bond acceptors (Lipinski definition) is 13. The fourth-order valence-corrected chi connectivity index (χ4v) is 34.5. The molecule has 4 rings (SSSR count). The highest BCUT2D eigenvalue weighted by molar-refractivity contribution is 8.92. The molecule has 15 atom stereocenters. The molecule has 1 aliphatic rings. The Balaban J connectivity index is 1.38. The molecular weight excluding hydrogens is 1120 g/mol. The monoisotopic (exact) mass is 1210 g/mol. The van der Waals surface area contributed by atoms with Crippen molar-refractivity contribution in [3.05, 3.63) is 83.2 Å². The zero-order valence-electron chi connectivity index (χ0n) is 48.1. The van der Waals surface area contributed by atoms with Gasteiger partial charge in [0, 0.05) is 54.8 Å². The Morgan fingerprint density at radius 3 is 2.08 bits per heavy atom. The number of hydrogen-bond donors (Lipinski definition) is 3. The van der Waals surface area contributed by atoms with E-state index in [-0.39, 0.29) is 88.7 Å². The predicted octanol–water partition coefficient (Wildman–Crippen LogP) is 8.42. The third kappa shape index (κ3) is 19.6. The quantitative estimate of drug-likeness (QED) is 0.0514. The van der Waals surface area contributed by atoms with Crippen LogP contribution in [0.3, 0.4) is 0 Å². The number of amides is 5. The fraction of sp³-hybridized carbons (Fsp3) is 0.611. The molecule has 1 aromatic heterocycles. The Morgan fingerprint density at radius 2 is 1.52 bits per heavy atom. The van der Waals surface area contributed by atoms with E-state index < -0.39 is 80.7 Å². The van der Waals surface area contributed by atoms with Crippen molar-refractivity contribution in [1.82, 2.24) is 40.3 Å². The molecule has 438 valence electrons. The smallest absolute Gasteiger partial charge is 0.410 e. The second-order valence-corrected chi connectivity index (χ2v) is 40.3.